The van der Waals surface area contributed by atoms with Crippen molar-refractivity contribution in [2.24, 2.45) is 5.73 Å². The molecule has 0 radical (unpaired) electrons. The van der Waals surface area contributed by atoms with Gasteiger partial charge in [0.15, 0.2) is 5.58 Å². The van der Waals surface area contributed by atoms with E-state index >= 15 is 0 Å². The molecule has 4 rings (SSSR count). The van der Waals surface area contributed by atoms with E-state index in [4.69, 9.17) is 14.9 Å². The van der Waals surface area contributed by atoms with Gasteiger partial charge in [-0.05, 0) is 42.7 Å². The van der Waals surface area contributed by atoms with Crippen LogP contribution in [0.3, 0.4) is 0 Å². The second-order valence-corrected chi connectivity index (χ2v) is 6.48. The summed E-state index contributed by atoms with van der Waals surface area (Å²) in [5, 5.41) is 0. The molecule has 1 heterocycles. The van der Waals surface area contributed by atoms with Crippen molar-refractivity contribution in [3.63, 3.8) is 0 Å². The number of rotatable bonds is 4. The lowest BCUT2D eigenvalue weighted by molar-refractivity contribution is 0.00405. The maximum Gasteiger partial charge on any atom is 0.227 e. The van der Waals surface area contributed by atoms with E-state index in [0.717, 1.165) is 35.1 Å². The Hall–Kier alpha value is -1.88. The molecule has 4 nitrogen and oxygen atoms in total. The maximum absolute atomic E-state index is 6.13. The molecule has 0 unspecified atom stereocenters. The van der Waals surface area contributed by atoms with E-state index in [0.29, 0.717) is 12.5 Å². The van der Waals surface area contributed by atoms with Crippen molar-refractivity contribution in [3.05, 3.63) is 54.1 Å². The predicted octanol–water partition coefficient (Wildman–Crippen LogP) is 4.70. The van der Waals surface area contributed by atoms with E-state index in [9.17, 15) is 0 Å². The smallest absolute Gasteiger partial charge is 0.227 e. The molecule has 5 heteroatoms. The Morgan fingerprint density at radius 3 is 2.56 bits per heavy atom. The maximum atomic E-state index is 6.13. The SMILES string of the molecule is Cl.N[C@@H]1CCCC[C@H]1OCc1ccc(-c2nc3ccccc3o2)cc1. The van der Waals surface area contributed by atoms with E-state index in [1.165, 1.54) is 12.8 Å². The van der Waals surface area contributed by atoms with Crippen LogP contribution in [0.4, 0.5) is 0 Å². The van der Waals surface area contributed by atoms with Crippen LogP contribution >= 0.6 is 12.4 Å². The normalized spacial score (nSPS) is 20.4. The van der Waals surface area contributed by atoms with Crippen molar-refractivity contribution in [1.29, 1.82) is 0 Å². The van der Waals surface area contributed by atoms with E-state index < -0.39 is 0 Å². The van der Waals surface area contributed by atoms with Crippen molar-refractivity contribution >= 4 is 23.5 Å². The summed E-state index contributed by atoms with van der Waals surface area (Å²) in [7, 11) is 0. The number of ether oxygens (including phenoxy) is 1. The number of hydrogen-bond donors (Lipinski definition) is 1. The molecule has 1 aliphatic carbocycles. The molecule has 0 amide bonds. The Labute approximate surface area is 153 Å². The van der Waals surface area contributed by atoms with Crippen molar-refractivity contribution in [2.45, 2.75) is 44.4 Å². The standard InChI is InChI=1S/C20H22N2O2.ClH/c21-16-5-1-3-7-18(16)23-13-14-9-11-15(12-10-14)20-22-17-6-2-4-8-19(17)24-20;/h2,4,6,8-12,16,18H,1,3,5,7,13,21H2;1H/t16-,18-;/m1./s1. The number of aromatic nitrogens is 1. The summed E-state index contributed by atoms with van der Waals surface area (Å²) in [5.74, 6) is 0.651. The highest BCUT2D eigenvalue weighted by atomic mass is 35.5. The summed E-state index contributed by atoms with van der Waals surface area (Å²) >= 11 is 0. The molecule has 1 aliphatic rings. The first-order chi connectivity index (χ1) is 11.8. The summed E-state index contributed by atoms with van der Waals surface area (Å²) < 4.78 is 11.8. The molecule has 1 aromatic heterocycles. The van der Waals surface area contributed by atoms with Gasteiger partial charge in [0.05, 0.1) is 12.7 Å². The summed E-state index contributed by atoms with van der Waals surface area (Å²) in [6.07, 6.45) is 4.77. The van der Waals surface area contributed by atoms with Crippen LogP contribution in [0.1, 0.15) is 31.2 Å². The quantitative estimate of drug-likeness (QED) is 0.734. The Balaban J connectivity index is 0.00000182. The number of hydrogen-bond acceptors (Lipinski definition) is 4. The topological polar surface area (TPSA) is 61.3 Å². The van der Waals surface area contributed by atoms with Crippen molar-refractivity contribution in [2.75, 3.05) is 0 Å². The first-order valence-electron chi connectivity index (χ1n) is 8.62. The molecular weight excluding hydrogens is 336 g/mol. The van der Waals surface area contributed by atoms with Gasteiger partial charge in [-0.2, -0.15) is 0 Å². The Morgan fingerprint density at radius 2 is 1.80 bits per heavy atom. The number of benzene rings is 2. The first kappa shape index (κ1) is 17.9. The molecular formula is C20H23ClN2O2. The van der Waals surface area contributed by atoms with Gasteiger partial charge in [-0.1, -0.05) is 37.1 Å². The zero-order valence-corrected chi connectivity index (χ0v) is 14.9. The molecule has 0 bridgehead atoms. The van der Waals surface area contributed by atoms with Gasteiger partial charge in [0.2, 0.25) is 5.89 Å². The minimum Gasteiger partial charge on any atom is -0.436 e. The Kier molecular flexibility index (Phi) is 5.74. The molecule has 0 aliphatic heterocycles. The Morgan fingerprint density at radius 1 is 1.04 bits per heavy atom. The third kappa shape index (κ3) is 4.03. The number of oxazole rings is 1. The third-order valence-corrected chi connectivity index (χ3v) is 4.71. The zero-order chi connectivity index (χ0) is 16.4. The summed E-state index contributed by atoms with van der Waals surface area (Å²) in [4.78, 5) is 4.53. The summed E-state index contributed by atoms with van der Waals surface area (Å²) in [6.45, 7) is 0.603. The fourth-order valence-electron chi connectivity index (χ4n) is 3.27. The molecule has 1 fully saturated rings. The van der Waals surface area contributed by atoms with Crippen LogP contribution in [0, 0.1) is 0 Å². The van der Waals surface area contributed by atoms with Gasteiger partial charge in [-0.25, -0.2) is 4.98 Å². The lowest BCUT2D eigenvalue weighted by atomic mass is 9.93. The average molecular weight is 359 g/mol. The minimum absolute atomic E-state index is 0. The highest BCUT2D eigenvalue weighted by molar-refractivity contribution is 5.85. The minimum atomic E-state index is 0. The van der Waals surface area contributed by atoms with Crippen LogP contribution in [-0.2, 0) is 11.3 Å². The second-order valence-electron chi connectivity index (χ2n) is 6.48. The molecule has 0 spiro atoms. The monoisotopic (exact) mass is 358 g/mol. The van der Waals surface area contributed by atoms with E-state index in [2.05, 4.69) is 17.1 Å². The van der Waals surface area contributed by atoms with Gasteiger partial charge in [-0.15, -0.1) is 12.4 Å². The number of halogens is 1. The van der Waals surface area contributed by atoms with Crippen molar-refractivity contribution in [1.82, 2.24) is 4.98 Å². The molecule has 3 aromatic rings. The van der Waals surface area contributed by atoms with Gasteiger partial charge < -0.3 is 14.9 Å². The van der Waals surface area contributed by atoms with Crippen LogP contribution in [-0.4, -0.2) is 17.1 Å². The molecule has 132 valence electrons. The number of nitrogens with zero attached hydrogens (tertiary/aromatic N) is 1. The largest absolute Gasteiger partial charge is 0.436 e. The third-order valence-electron chi connectivity index (χ3n) is 4.71. The van der Waals surface area contributed by atoms with Crippen molar-refractivity contribution < 1.29 is 9.15 Å². The van der Waals surface area contributed by atoms with Gasteiger partial charge in [-0.3, -0.25) is 0 Å². The van der Waals surface area contributed by atoms with Crippen LogP contribution in [0.5, 0.6) is 0 Å². The first-order valence-corrected chi connectivity index (χ1v) is 8.62. The zero-order valence-electron chi connectivity index (χ0n) is 14.1. The average Bonchev–Trinajstić information content (AvgIpc) is 3.06. The highest BCUT2D eigenvalue weighted by Gasteiger charge is 2.22. The van der Waals surface area contributed by atoms with Crippen LogP contribution in [0.2, 0.25) is 0 Å². The van der Waals surface area contributed by atoms with Crippen LogP contribution in [0.15, 0.2) is 52.9 Å². The van der Waals surface area contributed by atoms with Crippen molar-refractivity contribution in [3.8, 4) is 11.5 Å². The fourth-order valence-corrected chi connectivity index (χ4v) is 3.27. The van der Waals surface area contributed by atoms with Crippen LogP contribution in [0.25, 0.3) is 22.6 Å². The number of fused-ring (bicyclic) bond motifs is 1. The molecule has 2 aromatic carbocycles. The lowest BCUT2D eigenvalue weighted by Crippen LogP contribution is -2.39. The van der Waals surface area contributed by atoms with Gasteiger partial charge in [0, 0.05) is 11.6 Å². The lowest BCUT2D eigenvalue weighted by Gasteiger charge is -2.28. The van der Waals surface area contributed by atoms with E-state index in [1.807, 2.05) is 36.4 Å². The molecule has 2 atom stereocenters. The van der Waals surface area contributed by atoms with Crippen LogP contribution < -0.4 is 5.73 Å². The van der Waals surface area contributed by atoms with Gasteiger partial charge in [0.25, 0.3) is 0 Å². The van der Waals surface area contributed by atoms with E-state index in [1.54, 1.807) is 0 Å². The summed E-state index contributed by atoms with van der Waals surface area (Å²) in [6, 6.07) is 16.2. The van der Waals surface area contributed by atoms with Gasteiger partial charge in [0.1, 0.15) is 5.52 Å². The van der Waals surface area contributed by atoms with E-state index in [-0.39, 0.29) is 24.6 Å². The fraction of sp³-hybridized carbons (Fsp3) is 0.350. The molecule has 1 saturated carbocycles. The molecule has 2 N–H and O–H groups in total. The van der Waals surface area contributed by atoms with Gasteiger partial charge >= 0.3 is 0 Å². The highest BCUT2D eigenvalue weighted by Crippen LogP contribution is 2.25. The number of para-hydroxylation sites is 2. The number of nitrogens with two attached hydrogens (primary N) is 1. The predicted molar refractivity (Wildman–Crippen MR) is 102 cm³/mol. The second kappa shape index (κ2) is 8.00. The Bertz CT molecular complexity index is 783. The molecule has 0 saturated heterocycles. The summed E-state index contributed by atoms with van der Waals surface area (Å²) in [5.41, 5.74) is 9.95. The molecule has 25 heavy (non-hydrogen) atoms.